The number of ether oxygens (including phenoxy) is 1. The lowest BCUT2D eigenvalue weighted by molar-refractivity contribution is -0.134. The topological polar surface area (TPSA) is 71.1 Å². The van der Waals surface area contributed by atoms with Crippen LogP contribution in [0.15, 0.2) is 48.9 Å². The van der Waals surface area contributed by atoms with E-state index in [2.05, 4.69) is 22.1 Å². The molecule has 30 heavy (non-hydrogen) atoms. The summed E-state index contributed by atoms with van der Waals surface area (Å²) in [4.78, 5) is 19.5. The van der Waals surface area contributed by atoms with Gasteiger partial charge in [0.2, 0.25) is 5.91 Å². The molecule has 6 nitrogen and oxygen atoms in total. The van der Waals surface area contributed by atoms with E-state index in [1.54, 1.807) is 6.20 Å². The number of piperidine rings is 1. The zero-order valence-electron chi connectivity index (χ0n) is 17.6. The number of likely N-dealkylation sites (tertiary alicyclic amines) is 1. The Morgan fingerprint density at radius 3 is 2.77 bits per heavy atom. The van der Waals surface area contributed by atoms with Gasteiger partial charge < -0.3 is 9.64 Å². The average molecular weight is 405 g/mol. The lowest BCUT2D eigenvalue weighted by Crippen LogP contribution is -2.39. The molecule has 1 aliphatic heterocycles. The van der Waals surface area contributed by atoms with E-state index in [9.17, 15) is 4.79 Å². The molecule has 1 saturated heterocycles. The van der Waals surface area contributed by atoms with E-state index in [1.807, 2.05) is 54.5 Å². The molecule has 1 amide bonds. The van der Waals surface area contributed by atoms with Gasteiger partial charge in [-0.3, -0.25) is 14.9 Å². The minimum absolute atomic E-state index is 0.0130. The molecular formula is C24H28N4O2. The monoisotopic (exact) mass is 404 g/mol. The highest BCUT2D eigenvalue weighted by molar-refractivity contribution is 5.80. The maximum atomic E-state index is 13.2. The number of carbonyl (C=O) groups excluding carboxylic acids is 1. The van der Waals surface area contributed by atoms with Crippen molar-refractivity contribution in [1.82, 2.24) is 20.1 Å². The fourth-order valence-electron chi connectivity index (χ4n) is 4.22. The van der Waals surface area contributed by atoms with E-state index in [-0.39, 0.29) is 11.9 Å². The molecule has 3 aromatic rings. The number of benzene rings is 1. The molecule has 0 spiro atoms. The molecule has 0 saturated carbocycles. The van der Waals surface area contributed by atoms with Gasteiger partial charge in [-0.25, -0.2) is 0 Å². The van der Waals surface area contributed by atoms with Gasteiger partial charge in [-0.05, 0) is 68.0 Å². The Morgan fingerprint density at radius 2 is 2.00 bits per heavy atom. The predicted molar refractivity (Wildman–Crippen MR) is 116 cm³/mol. The summed E-state index contributed by atoms with van der Waals surface area (Å²) in [5, 5.41) is 7.51. The largest absolute Gasteiger partial charge is 0.494 e. The first kappa shape index (κ1) is 20.1. The molecule has 6 heteroatoms. The third-order valence-electron chi connectivity index (χ3n) is 5.73. The van der Waals surface area contributed by atoms with E-state index < -0.39 is 0 Å². The Morgan fingerprint density at radius 1 is 1.17 bits per heavy atom. The van der Waals surface area contributed by atoms with Crippen LogP contribution < -0.4 is 4.74 Å². The van der Waals surface area contributed by atoms with Crippen molar-refractivity contribution in [2.24, 2.45) is 0 Å². The average Bonchev–Trinajstić information content (AvgIpc) is 3.25. The Kier molecular flexibility index (Phi) is 6.12. The molecule has 2 aromatic heterocycles. The van der Waals surface area contributed by atoms with E-state index in [0.717, 1.165) is 59.5 Å². The molecular weight excluding hydrogens is 376 g/mol. The van der Waals surface area contributed by atoms with Gasteiger partial charge in [0.05, 0.1) is 31.0 Å². The number of hydrogen-bond acceptors (Lipinski definition) is 4. The summed E-state index contributed by atoms with van der Waals surface area (Å²) in [6.45, 7) is 5.42. The van der Waals surface area contributed by atoms with Gasteiger partial charge in [0.1, 0.15) is 5.75 Å². The van der Waals surface area contributed by atoms with E-state index in [0.29, 0.717) is 13.0 Å². The van der Waals surface area contributed by atoms with Crippen molar-refractivity contribution in [2.45, 2.75) is 45.6 Å². The Labute approximate surface area is 177 Å². The van der Waals surface area contributed by atoms with Gasteiger partial charge in [0.15, 0.2) is 0 Å². The molecule has 0 aliphatic carbocycles. The smallest absolute Gasteiger partial charge is 0.227 e. The van der Waals surface area contributed by atoms with Gasteiger partial charge in [-0.2, -0.15) is 5.10 Å². The second-order valence-electron chi connectivity index (χ2n) is 7.74. The Bertz CT molecular complexity index is 996. The van der Waals surface area contributed by atoms with Crippen molar-refractivity contribution in [3.8, 4) is 16.9 Å². The molecule has 3 heterocycles. The molecule has 0 radical (unpaired) electrons. The van der Waals surface area contributed by atoms with Crippen LogP contribution in [-0.4, -0.2) is 39.1 Å². The highest BCUT2D eigenvalue weighted by atomic mass is 16.5. The predicted octanol–water partition coefficient (Wildman–Crippen LogP) is 4.48. The third kappa shape index (κ3) is 4.22. The van der Waals surface area contributed by atoms with Crippen molar-refractivity contribution in [3.63, 3.8) is 0 Å². The number of nitrogens with one attached hydrogen (secondary N) is 1. The summed E-state index contributed by atoms with van der Waals surface area (Å²) in [5.41, 5.74) is 5.29. The van der Waals surface area contributed by atoms with Crippen molar-refractivity contribution in [1.29, 1.82) is 0 Å². The molecule has 1 aromatic carbocycles. The minimum atomic E-state index is 0.0130. The molecule has 1 atom stereocenters. The van der Waals surface area contributed by atoms with Crippen LogP contribution in [0, 0.1) is 6.92 Å². The van der Waals surface area contributed by atoms with Crippen LogP contribution in [0.2, 0.25) is 0 Å². The summed E-state index contributed by atoms with van der Waals surface area (Å²) in [6, 6.07) is 9.84. The quantitative estimate of drug-likeness (QED) is 0.658. The summed E-state index contributed by atoms with van der Waals surface area (Å²) < 4.78 is 5.50. The van der Waals surface area contributed by atoms with E-state index in [4.69, 9.17) is 4.74 Å². The summed E-state index contributed by atoms with van der Waals surface area (Å²) in [6.07, 6.45) is 8.99. The first-order valence-corrected chi connectivity index (χ1v) is 10.6. The fourth-order valence-corrected chi connectivity index (χ4v) is 4.22. The standard InChI is InChI=1S/C24H28N4O2/c1-3-30-19-9-7-18(8-10-19)14-23(29)28-13-5-4-6-22(28)24-21(16-26-27-24)20-11-12-25-15-17(20)2/h7-12,15-16,22H,3-6,13-14H2,1-2H3,(H,26,27). The number of aromatic nitrogens is 3. The number of amides is 1. The van der Waals surface area contributed by atoms with Crippen LogP contribution in [0.5, 0.6) is 5.75 Å². The Balaban J connectivity index is 1.56. The maximum absolute atomic E-state index is 13.2. The lowest BCUT2D eigenvalue weighted by atomic mass is 9.93. The molecule has 1 aliphatic rings. The molecule has 4 rings (SSSR count). The van der Waals surface area contributed by atoms with Crippen molar-refractivity contribution < 1.29 is 9.53 Å². The number of aromatic amines is 1. The van der Waals surface area contributed by atoms with Crippen LogP contribution in [0.1, 0.15) is 49.0 Å². The van der Waals surface area contributed by atoms with Gasteiger partial charge in [-0.1, -0.05) is 12.1 Å². The number of nitrogens with zero attached hydrogens (tertiary/aromatic N) is 3. The molecule has 1 unspecified atom stereocenters. The number of hydrogen-bond donors (Lipinski definition) is 1. The first-order chi connectivity index (χ1) is 14.7. The third-order valence-corrected chi connectivity index (χ3v) is 5.73. The van der Waals surface area contributed by atoms with Gasteiger partial charge in [0, 0.05) is 24.5 Å². The van der Waals surface area contributed by atoms with E-state index in [1.165, 1.54) is 0 Å². The van der Waals surface area contributed by atoms with Crippen LogP contribution in [-0.2, 0) is 11.2 Å². The van der Waals surface area contributed by atoms with Gasteiger partial charge in [-0.15, -0.1) is 0 Å². The lowest BCUT2D eigenvalue weighted by Gasteiger charge is -2.36. The van der Waals surface area contributed by atoms with Gasteiger partial charge >= 0.3 is 0 Å². The van der Waals surface area contributed by atoms with Crippen LogP contribution in [0.4, 0.5) is 0 Å². The minimum Gasteiger partial charge on any atom is -0.494 e. The SMILES string of the molecule is CCOc1ccc(CC(=O)N2CCCCC2c2[nH]ncc2-c2ccncc2C)cc1. The van der Waals surface area contributed by atoms with Crippen molar-refractivity contribution >= 4 is 5.91 Å². The fraction of sp³-hybridized carbons (Fsp3) is 0.375. The number of rotatable bonds is 6. The zero-order valence-corrected chi connectivity index (χ0v) is 17.6. The Hall–Kier alpha value is -3.15. The van der Waals surface area contributed by atoms with Gasteiger partial charge in [0.25, 0.3) is 0 Å². The van der Waals surface area contributed by atoms with E-state index >= 15 is 0 Å². The molecule has 156 valence electrons. The second-order valence-corrected chi connectivity index (χ2v) is 7.74. The maximum Gasteiger partial charge on any atom is 0.227 e. The number of aryl methyl sites for hydroxylation is 1. The summed E-state index contributed by atoms with van der Waals surface area (Å²) >= 11 is 0. The highest BCUT2D eigenvalue weighted by Crippen LogP contribution is 2.36. The normalized spacial score (nSPS) is 16.5. The first-order valence-electron chi connectivity index (χ1n) is 10.6. The number of H-pyrrole nitrogens is 1. The summed E-state index contributed by atoms with van der Waals surface area (Å²) in [7, 11) is 0. The zero-order chi connectivity index (χ0) is 20.9. The number of carbonyl (C=O) groups is 1. The van der Waals surface area contributed by atoms with Crippen LogP contribution >= 0.6 is 0 Å². The summed E-state index contributed by atoms with van der Waals surface area (Å²) in [5.74, 6) is 0.982. The van der Waals surface area contributed by atoms with Crippen LogP contribution in [0.25, 0.3) is 11.1 Å². The van der Waals surface area contributed by atoms with Crippen molar-refractivity contribution in [3.05, 3.63) is 65.7 Å². The molecule has 1 N–H and O–H groups in total. The van der Waals surface area contributed by atoms with Crippen molar-refractivity contribution in [2.75, 3.05) is 13.2 Å². The number of pyridine rings is 1. The second kappa shape index (κ2) is 9.11. The van der Waals surface area contributed by atoms with Crippen LogP contribution in [0.3, 0.4) is 0 Å². The molecule has 0 bridgehead atoms. The highest BCUT2D eigenvalue weighted by Gasteiger charge is 2.31. The molecule has 1 fully saturated rings.